The van der Waals surface area contributed by atoms with E-state index in [1.807, 2.05) is 37.3 Å². The molecule has 2 aromatic rings. The topological polar surface area (TPSA) is 73.3 Å². The molecule has 2 aliphatic rings. The maximum atomic E-state index is 14.0. The third kappa shape index (κ3) is 5.50. The van der Waals surface area contributed by atoms with Crippen LogP contribution >= 0.6 is 0 Å². The number of piperidine rings is 1. The molecule has 3 amide bonds. The lowest BCUT2D eigenvalue weighted by Crippen LogP contribution is -2.50. The zero-order valence-corrected chi connectivity index (χ0v) is 19.3. The molecule has 34 heavy (non-hydrogen) atoms. The van der Waals surface area contributed by atoms with Crippen LogP contribution in [0.2, 0.25) is 0 Å². The van der Waals surface area contributed by atoms with Crippen molar-refractivity contribution in [3.63, 3.8) is 0 Å². The molecule has 1 N–H and O–H groups in total. The van der Waals surface area contributed by atoms with Gasteiger partial charge in [-0.25, -0.2) is 14.0 Å². The lowest BCUT2D eigenvalue weighted by molar-refractivity contribution is 0.0886. The van der Waals surface area contributed by atoms with Crippen LogP contribution in [0.15, 0.2) is 48.7 Å². The minimum Gasteiger partial charge on any atom is -0.501 e. The lowest BCUT2D eigenvalue weighted by atomic mass is 10.0. The summed E-state index contributed by atoms with van der Waals surface area (Å²) < 4.78 is 19.3. The highest BCUT2D eigenvalue weighted by Crippen LogP contribution is 2.28. The Kier molecular flexibility index (Phi) is 7.35. The average Bonchev–Trinajstić information content (AvgIpc) is 2.97. The number of urea groups is 1. The molecule has 8 heteroatoms. The molecular weight excluding hydrogens is 437 g/mol. The number of carbonyl (C=O) groups is 2. The Hall–Kier alpha value is -3.55. The van der Waals surface area contributed by atoms with E-state index in [-0.39, 0.29) is 17.9 Å². The molecule has 2 heterocycles. The number of benzene rings is 2. The minimum absolute atomic E-state index is 0.0918. The molecule has 1 fully saturated rings. The number of likely N-dealkylation sites (tertiary alicyclic amines) is 1. The molecule has 0 atom stereocenters. The van der Waals surface area contributed by atoms with Crippen LogP contribution < -0.4 is 0 Å². The molecule has 7 nitrogen and oxygen atoms in total. The smallest absolute Gasteiger partial charge is 0.407 e. The van der Waals surface area contributed by atoms with Gasteiger partial charge in [-0.2, -0.15) is 0 Å². The quantitative estimate of drug-likeness (QED) is 0.613. The second-order valence-corrected chi connectivity index (χ2v) is 8.68. The first-order valence-corrected chi connectivity index (χ1v) is 11.6. The summed E-state index contributed by atoms with van der Waals surface area (Å²) in [6.45, 7) is 4.45. The van der Waals surface area contributed by atoms with Crippen LogP contribution in [0.4, 0.5) is 14.0 Å². The van der Waals surface area contributed by atoms with Crippen molar-refractivity contribution in [2.75, 3.05) is 19.7 Å². The molecule has 180 valence electrons. The normalized spacial score (nSPS) is 17.1. The fourth-order valence-electron chi connectivity index (χ4n) is 4.56. The zero-order chi connectivity index (χ0) is 24.1. The highest BCUT2D eigenvalue weighted by molar-refractivity contribution is 5.76. The molecule has 2 aliphatic heterocycles. The van der Waals surface area contributed by atoms with E-state index < -0.39 is 6.09 Å². The largest absolute Gasteiger partial charge is 0.501 e. The summed E-state index contributed by atoms with van der Waals surface area (Å²) in [5.74, 6) is -0.323. The van der Waals surface area contributed by atoms with Gasteiger partial charge in [0.1, 0.15) is 5.82 Å². The fraction of sp³-hybridized carbons (Fsp3) is 0.385. The highest BCUT2D eigenvalue weighted by atomic mass is 19.1. The lowest BCUT2D eigenvalue weighted by Gasteiger charge is -2.38. The van der Waals surface area contributed by atoms with Crippen LogP contribution in [-0.4, -0.2) is 57.7 Å². The standard InChI is InChI=1S/C26H30FN3O4/c1-2-34-14-11-19-3-5-20(6-4-19)16-29-17-21-7-8-23(27)15-22(21)18-30(25(29)31)24-9-12-28(13-10-24)26(32)33/h3-8,11,14-15,24H,2,9-10,12-13,16-18H2,1H3,(H,32,33)/b14-11+. The SMILES string of the molecule is CCO/C=C/c1ccc(CN2Cc3ccc(F)cc3CN(C3CCN(C(=O)O)CC3)C2=O)cc1. The van der Waals surface area contributed by atoms with Gasteiger partial charge in [-0.05, 0) is 60.2 Å². The summed E-state index contributed by atoms with van der Waals surface area (Å²) in [7, 11) is 0. The summed E-state index contributed by atoms with van der Waals surface area (Å²) in [5, 5.41) is 9.26. The number of rotatable bonds is 6. The second-order valence-electron chi connectivity index (χ2n) is 8.68. The fourth-order valence-corrected chi connectivity index (χ4v) is 4.56. The van der Waals surface area contributed by atoms with Crippen LogP contribution in [-0.2, 0) is 24.4 Å². The van der Waals surface area contributed by atoms with Gasteiger partial charge in [0.2, 0.25) is 0 Å². The van der Waals surface area contributed by atoms with Crippen molar-refractivity contribution in [3.05, 3.63) is 76.8 Å². The predicted molar refractivity (Wildman–Crippen MR) is 126 cm³/mol. The molecular formula is C26H30FN3O4. The monoisotopic (exact) mass is 467 g/mol. The van der Waals surface area contributed by atoms with Crippen LogP contribution in [0.1, 0.15) is 42.0 Å². The van der Waals surface area contributed by atoms with Crippen LogP contribution in [0.25, 0.3) is 6.08 Å². The van der Waals surface area contributed by atoms with Gasteiger partial charge in [0.15, 0.2) is 0 Å². The van der Waals surface area contributed by atoms with Crippen LogP contribution in [0, 0.1) is 5.82 Å². The van der Waals surface area contributed by atoms with Gasteiger partial charge >= 0.3 is 12.1 Å². The summed E-state index contributed by atoms with van der Waals surface area (Å²) >= 11 is 0. The van der Waals surface area contributed by atoms with Crippen molar-refractivity contribution in [2.45, 2.75) is 45.4 Å². The number of ether oxygens (including phenoxy) is 1. The second kappa shape index (κ2) is 10.6. The molecule has 0 aliphatic carbocycles. The first kappa shape index (κ1) is 23.6. The summed E-state index contributed by atoms with van der Waals surface area (Å²) in [5.41, 5.74) is 3.73. The first-order chi connectivity index (χ1) is 16.4. The first-order valence-electron chi connectivity index (χ1n) is 11.6. The average molecular weight is 468 g/mol. The Labute approximate surface area is 199 Å². The third-order valence-electron chi connectivity index (χ3n) is 6.44. The molecule has 0 bridgehead atoms. The number of fused-ring (bicyclic) bond motifs is 1. The predicted octanol–water partition coefficient (Wildman–Crippen LogP) is 4.91. The van der Waals surface area contributed by atoms with E-state index >= 15 is 0 Å². The molecule has 0 aromatic heterocycles. The molecule has 0 saturated carbocycles. The number of carboxylic acid groups (broad SMARTS) is 1. The molecule has 0 spiro atoms. The molecule has 1 saturated heterocycles. The van der Waals surface area contributed by atoms with Crippen molar-refractivity contribution < 1.29 is 23.8 Å². The third-order valence-corrected chi connectivity index (χ3v) is 6.44. The van der Waals surface area contributed by atoms with Crippen molar-refractivity contribution in [3.8, 4) is 0 Å². The number of carbonyl (C=O) groups excluding carboxylic acids is 1. The Morgan fingerprint density at radius 1 is 1.12 bits per heavy atom. The van der Waals surface area contributed by atoms with Gasteiger partial charge in [0.25, 0.3) is 0 Å². The van der Waals surface area contributed by atoms with E-state index in [4.69, 9.17) is 4.74 Å². The van der Waals surface area contributed by atoms with E-state index in [1.54, 1.807) is 22.1 Å². The van der Waals surface area contributed by atoms with Crippen LogP contribution in [0.5, 0.6) is 0 Å². The van der Waals surface area contributed by atoms with Gasteiger partial charge in [-0.1, -0.05) is 30.3 Å². The van der Waals surface area contributed by atoms with Crippen molar-refractivity contribution in [1.82, 2.24) is 14.7 Å². The summed E-state index contributed by atoms with van der Waals surface area (Å²) in [6, 6.07) is 12.4. The van der Waals surface area contributed by atoms with Gasteiger partial charge in [0.05, 0.1) is 12.9 Å². The Bertz CT molecular complexity index is 1050. The molecule has 4 rings (SSSR count). The minimum atomic E-state index is -0.936. The maximum absolute atomic E-state index is 14.0. The summed E-state index contributed by atoms with van der Waals surface area (Å²) in [6.07, 6.45) is 3.75. The van der Waals surface area contributed by atoms with Crippen molar-refractivity contribution in [1.29, 1.82) is 0 Å². The number of halogens is 1. The van der Waals surface area contributed by atoms with E-state index in [2.05, 4.69) is 0 Å². The number of hydrogen-bond acceptors (Lipinski definition) is 3. The highest BCUT2D eigenvalue weighted by Gasteiger charge is 2.34. The Balaban J connectivity index is 1.55. The maximum Gasteiger partial charge on any atom is 0.407 e. The van der Waals surface area contributed by atoms with Gasteiger partial charge < -0.3 is 24.5 Å². The van der Waals surface area contributed by atoms with Gasteiger partial charge in [-0.15, -0.1) is 0 Å². The molecule has 0 radical (unpaired) electrons. The molecule has 2 aromatic carbocycles. The Morgan fingerprint density at radius 3 is 2.53 bits per heavy atom. The van der Waals surface area contributed by atoms with E-state index in [0.717, 1.165) is 22.3 Å². The van der Waals surface area contributed by atoms with E-state index in [0.29, 0.717) is 52.2 Å². The number of hydrogen-bond donors (Lipinski definition) is 1. The van der Waals surface area contributed by atoms with Crippen molar-refractivity contribution in [2.24, 2.45) is 0 Å². The van der Waals surface area contributed by atoms with E-state index in [9.17, 15) is 19.1 Å². The zero-order valence-electron chi connectivity index (χ0n) is 19.3. The number of amides is 3. The Morgan fingerprint density at radius 2 is 1.85 bits per heavy atom. The van der Waals surface area contributed by atoms with Crippen LogP contribution in [0.3, 0.4) is 0 Å². The van der Waals surface area contributed by atoms with Crippen molar-refractivity contribution >= 4 is 18.2 Å². The van der Waals surface area contributed by atoms with Gasteiger partial charge in [-0.3, -0.25) is 0 Å². The van der Waals surface area contributed by atoms with Gasteiger partial charge in [0, 0.05) is 38.8 Å². The number of nitrogens with zero attached hydrogens (tertiary/aromatic N) is 3. The summed E-state index contributed by atoms with van der Waals surface area (Å²) in [4.78, 5) is 29.9. The van der Waals surface area contributed by atoms with E-state index in [1.165, 1.54) is 17.0 Å². The molecule has 0 unspecified atom stereocenters.